The van der Waals surface area contributed by atoms with Crippen LogP contribution in [-0.4, -0.2) is 35.8 Å². The maximum absolute atomic E-state index is 13.6. The first-order valence-corrected chi connectivity index (χ1v) is 11.9. The van der Waals surface area contributed by atoms with Crippen molar-refractivity contribution in [2.75, 3.05) is 13.2 Å². The molecule has 1 aliphatic heterocycles. The van der Waals surface area contributed by atoms with Crippen LogP contribution in [0.2, 0.25) is 5.02 Å². The molecule has 0 bridgehead atoms. The van der Waals surface area contributed by atoms with Crippen molar-refractivity contribution in [3.8, 4) is 11.5 Å². The van der Waals surface area contributed by atoms with Crippen LogP contribution in [0, 0.1) is 5.92 Å². The molecule has 178 valence electrons. The highest BCUT2D eigenvalue weighted by molar-refractivity contribution is 6.30. The Bertz CT molecular complexity index is 1170. The molecule has 0 radical (unpaired) electrons. The zero-order chi connectivity index (χ0) is 24.4. The number of halogens is 1. The summed E-state index contributed by atoms with van der Waals surface area (Å²) in [5, 5.41) is 10.9. The molecule has 2 aliphatic rings. The molecule has 2 aromatic rings. The van der Waals surface area contributed by atoms with Gasteiger partial charge >= 0.3 is 5.97 Å². The minimum absolute atomic E-state index is 0.00355. The fourth-order valence-electron chi connectivity index (χ4n) is 4.98. The van der Waals surface area contributed by atoms with Crippen LogP contribution in [0.25, 0.3) is 0 Å². The van der Waals surface area contributed by atoms with E-state index in [1.165, 1.54) is 6.07 Å². The highest BCUT2D eigenvalue weighted by Crippen LogP contribution is 2.47. The number of aromatic hydroxyl groups is 1. The Balaban J connectivity index is 1.80. The predicted molar refractivity (Wildman–Crippen MR) is 131 cm³/mol. The van der Waals surface area contributed by atoms with Crippen LogP contribution < -0.4 is 4.74 Å². The summed E-state index contributed by atoms with van der Waals surface area (Å²) < 4.78 is 10.9. The van der Waals surface area contributed by atoms with Crippen molar-refractivity contribution in [2.45, 2.75) is 45.4 Å². The monoisotopic (exact) mass is 481 g/mol. The van der Waals surface area contributed by atoms with E-state index >= 15 is 0 Å². The van der Waals surface area contributed by atoms with Crippen molar-refractivity contribution in [2.24, 2.45) is 10.9 Å². The number of ketones is 1. The SMILES string of the molecule is CCOC(=O)C1=C(C)N=C2C[C@H](c3ccc(Cl)cc3)CC(=O)C2[C@H]1c1ccc(O)c(OCC)c1. The molecular formula is C27H28ClNO5. The minimum atomic E-state index is -0.578. The molecule has 0 amide bonds. The Morgan fingerprint density at radius 3 is 2.44 bits per heavy atom. The van der Waals surface area contributed by atoms with Crippen LogP contribution in [0.1, 0.15) is 56.6 Å². The largest absolute Gasteiger partial charge is 0.504 e. The van der Waals surface area contributed by atoms with Crippen molar-refractivity contribution in [3.05, 3.63) is 69.9 Å². The smallest absolute Gasteiger partial charge is 0.336 e. The molecule has 1 aliphatic carbocycles. The van der Waals surface area contributed by atoms with Gasteiger partial charge in [0.15, 0.2) is 11.5 Å². The van der Waals surface area contributed by atoms with Gasteiger partial charge in [0.1, 0.15) is 5.78 Å². The Labute approximate surface area is 204 Å². The third kappa shape index (κ3) is 4.60. The van der Waals surface area contributed by atoms with Gasteiger partial charge in [-0.05, 0) is 68.5 Å². The van der Waals surface area contributed by atoms with Gasteiger partial charge in [-0.2, -0.15) is 0 Å². The predicted octanol–water partition coefficient (Wildman–Crippen LogP) is 5.58. The Morgan fingerprint density at radius 1 is 1.06 bits per heavy atom. The highest BCUT2D eigenvalue weighted by atomic mass is 35.5. The lowest BCUT2D eigenvalue weighted by Crippen LogP contribution is -2.41. The fourth-order valence-corrected chi connectivity index (χ4v) is 5.10. The van der Waals surface area contributed by atoms with Crippen LogP contribution in [0.15, 0.2) is 58.7 Å². The molecular weight excluding hydrogens is 454 g/mol. The van der Waals surface area contributed by atoms with Crippen LogP contribution in [0.4, 0.5) is 0 Å². The zero-order valence-corrected chi connectivity index (χ0v) is 20.3. The molecule has 34 heavy (non-hydrogen) atoms. The van der Waals surface area contributed by atoms with Crippen LogP contribution in [-0.2, 0) is 14.3 Å². The fraction of sp³-hybridized carbons (Fsp3) is 0.370. The highest BCUT2D eigenvalue weighted by Gasteiger charge is 2.46. The minimum Gasteiger partial charge on any atom is -0.504 e. The Hall–Kier alpha value is -3.12. The molecule has 1 N–H and O–H groups in total. The topological polar surface area (TPSA) is 85.2 Å². The van der Waals surface area contributed by atoms with Crippen molar-refractivity contribution in [1.29, 1.82) is 0 Å². The second kappa shape index (κ2) is 10.0. The number of benzene rings is 2. The first-order chi connectivity index (χ1) is 16.3. The molecule has 3 atom stereocenters. The molecule has 2 aromatic carbocycles. The van der Waals surface area contributed by atoms with Gasteiger partial charge in [-0.3, -0.25) is 9.79 Å². The number of nitrogens with zero attached hydrogens (tertiary/aromatic N) is 1. The summed E-state index contributed by atoms with van der Waals surface area (Å²) in [5.41, 5.74) is 3.43. The zero-order valence-electron chi connectivity index (χ0n) is 19.5. The lowest BCUT2D eigenvalue weighted by molar-refractivity contribution is -0.139. The second-order valence-corrected chi connectivity index (χ2v) is 9.00. The van der Waals surface area contributed by atoms with Gasteiger partial charge in [0.2, 0.25) is 0 Å². The maximum atomic E-state index is 13.6. The standard InChI is InChI=1S/C27H28ClNO5/c1-4-33-23-14-17(8-11-21(23)30)25-24(27(32)34-5-2)15(3)29-20-12-18(13-22(31)26(20)25)16-6-9-19(28)10-7-16/h6-11,14,18,25-26,30H,4-5,12-13H2,1-3H3/t18-,25-,26?/m0/s1. The number of fused-ring (bicyclic) bond motifs is 1. The molecule has 1 saturated carbocycles. The van der Waals surface area contributed by atoms with E-state index in [1.54, 1.807) is 26.0 Å². The molecule has 1 heterocycles. The quantitative estimate of drug-likeness (QED) is 0.544. The third-order valence-corrected chi connectivity index (χ3v) is 6.69. The molecule has 0 aromatic heterocycles. The lowest BCUT2D eigenvalue weighted by Gasteiger charge is -2.38. The molecule has 0 saturated heterocycles. The number of phenols is 1. The van der Waals surface area contributed by atoms with Gasteiger partial charge in [-0.15, -0.1) is 0 Å². The number of ether oxygens (including phenoxy) is 2. The Morgan fingerprint density at radius 2 is 1.76 bits per heavy atom. The number of hydrogen-bond acceptors (Lipinski definition) is 6. The average molecular weight is 482 g/mol. The van der Waals surface area contributed by atoms with E-state index in [-0.39, 0.29) is 24.1 Å². The summed E-state index contributed by atoms with van der Waals surface area (Å²) in [4.78, 5) is 31.4. The number of rotatable bonds is 6. The van der Waals surface area contributed by atoms with Crippen LogP contribution >= 0.6 is 11.6 Å². The van der Waals surface area contributed by atoms with Gasteiger partial charge in [-0.1, -0.05) is 29.8 Å². The summed E-state index contributed by atoms with van der Waals surface area (Å²) in [5.74, 6) is -1.28. The van der Waals surface area contributed by atoms with E-state index in [0.29, 0.717) is 47.1 Å². The number of carbonyl (C=O) groups excluding carboxylic acids is 2. The first kappa shape index (κ1) is 24.0. The third-order valence-electron chi connectivity index (χ3n) is 6.43. The van der Waals surface area contributed by atoms with Crippen molar-refractivity contribution >= 4 is 29.1 Å². The molecule has 7 heteroatoms. The molecule has 0 spiro atoms. The number of carbonyl (C=O) groups is 2. The normalized spacial score (nSPS) is 22.2. The van der Waals surface area contributed by atoms with Gasteiger partial charge in [0.25, 0.3) is 0 Å². The van der Waals surface area contributed by atoms with Crippen molar-refractivity contribution in [1.82, 2.24) is 0 Å². The number of phenolic OH excluding ortho intramolecular Hbond substituents is 1. The van der Waals surface area contributed by atoms with E-state index in [9.17, 15) is 14.7 Å². The number of esters is 1. The van der Waals surface area contributed by atoms with Crippen molar-refractivity contribution < 1.29 is 24.2 Å². The van der Waals surface area contributed by atoms with E-state index in [1.807, 2.05) is 31.2 Å². The summed E-state index contributed by atoms with van der Waals surface area (Å²) in [6.07, 6.45) is 0.950. The number of aliphatic imine (C=N–C) groups is 1. The van der Waals surface area contributed by atoms with Gasteiger partial charge in [0.05, 0.1) is 24.7 Å². The number of hydrogen-bond donors (Lipinski definition) is 1. The van der Waals surface area contributed by atoms with Crippen molar-refractivity contribution in [3.63, 3.8) is 0 Å². The van der Waals surface area contributed by atoms with Gasteiger partial charge in [0, 0.05) is 28.8 Å². The number of allylic oxidation sites excluding steroid dienone is 1. The summed E-state index contributed by atoms with van der Waals surface area (Å²) in [6, 6.07) is 12.5. The average Bonchev–Trinajstić information content (AvgIpc) is 2.80. The van der Waals surface area contributed by atoms with E-state index in [2.05, 4.69) is 0 Å². The Kier molecular flexibility index (Phi) is 7.08. The molecule has 4 rings (SSSR count). The van der Waals surface area contributed by atoms with E-state index in [0.717, 1.165) is 11.3 Å². The molecule has 1 fully saturated rings. The summed E-state index contributed by atoms with van der Waals surface area (Å²) in [6.45, 7) is 5.95. The maximum Gasteiger partial charge on any atom is 0.336 e. The van der Waals surface area contributed by atoms with E-state index < -0.39 is 17.8 Å². The molecule has 6 nitrogen and oxygen atoms in total. The van der Waals surface area contributed by atoms with Crippen LogP contribution in [0.3, 0.4) is 0 Å². The second-order valence-electron chi connectivity index (χ2n) is 8.56. The first-order valence-electron chi connectivity index (χ1n) is 11.5. The summed E-state index contributed by atoms with van der Waals surface area (Å²) >= 11 is 6.05. The number of Topliss-reactive ketones (excluding diaryl/α,β-unsaturated/α-hetero) is 1. The van der Waals surface area contributed by atoms with Gasteiger partial charge < -0.3 is 14.6 Å². The van der Waals surface area contributed by atoms with Crippen LogP contribution in [0.5, 0.6) is 11.5 Å². The lowest BCUT2D eigenvalue weighted by atomic mass is 9.66. The molecule has 1 unspecified atom stereocenters. The van der Waals surface area contributed by atoms with E-state index in [4.69, 9.17) is 26.1 Å². The van der Waals surface area contributed by atoms with Gasteiger partial charge in [-0.25, -0.2) is 4.79 Å². The summed E-state index contributed by atoms with van der Waals surface area (Å²) in [7, 11) is 0.